The summed E-state index contributed by atoms with van der Waals surface area (Å²) in [5, 5.41) is 12.5. The van der Waals surface area contributed by atoms with E-state index in [0.29, 0.717) is 17.3 Å². The lowest BCUT2D eigenvalue weighted by Gasteiger charge is -2.36. The van der Waals surface area contributed by atoms with Crippen LogP contribution in [0.2, 0.25) is 0 Å². The van der Waals surface area contributed by atoms with E-state index in [9.17, 15) is 14.7 Å². The average Bonchev–Trinajstić information content (AvgIpc) is 2.57. The molecule has 1 amide bonds. The monoisotopic (exact) mass is 385 g/mol. The van der Waals surface area contributed by atoms with Crippen molar-refractivity contribution in [3.8, 4) is 0 Å². The molecule has 2 N–H and O–H groups in total. The van der Waals surface area contributed by atoms with Gasteiger partial charge in [0.2, 0.25) is 11.9 Å². The van der Waals surface area contributed by atoms with E-state index < -0.39 is 12.0 Å². The number of aliphatic carboxylic acids is 1. The van der Waals surface area contributed by atoms with Crippen LogP contribution in [0.3, 0.4) is 0 Å². The van der Waals surface area contributed by atoms with Gasteiger partial charge < -0.3 is 14.9 Å². The van der Waals surface area contributed by atoms with Crippen molar-refractivity contribution in [1.82, 2.24) is 5.32 Å². The van der Waals surface area contributed by atoms with Crippen molar-refractivity contribution >= 4 is 11.9 Å². The van der Waals surface area contributed by atoms with Crippen LogP contribution >= 0.6 is 0 Å². The maximum atomic E-state index is 12.2. The topological polar surface area (TPSA) is 66.4 Å². The Hall–Kier alpha value is -1.10. The number of nitrogens with zero attached hydrogens (tertiary/aromatic N) is 1. The van der Waals surface area contributed by atoms with Gasteiger partial charge in [-0.15, -0.1) is 0 Å². The van der Waals surface area contributed by atoms with Crippen molar-refractivity contribution in [1.29, 1.82) is 0 Å². The zero-order valence-corrected chi connectivity index (χ0v) is 18.6. The number of quaternary nitrogens is 1. The number of likely N-dealkylation sites (N-methyl/N-ethyl adjacent to an activating group) is 1. The molecule has 0 bridgehead atoms. The van der Waals surface area contributed by atoms with E-state index in [2.05, 4.69) is 12.2 Å². The lowest BCUT2D eigenvalue weighted by atomic mass is 10.0. The highest BCUT2D eigenvalue weighted by molar-refractivity contribution is 5.78. The van der Waals surface area contributed by atoms with Gasteiger partial charge in [0.05, 0.1) is 27.2 Å². The Morgan fingerprint density at radius 1 is 0.815 bits per heavy atom. The number of carboxylic acids is 1. The van der Waals surface area contributed by atoms with Crippen molar-refractivity contribution in [2.45, 2.75) is 109 Å². The van der Waals surface area contributed by atoms with Gasteiger partial charge in [0.15, 0.2) is 0 Å². The van der Waals surface area contributed by atoms with E-state index in [-0.39, 0.29) is 11.9 Å². The summed E-state index contributed by atoms with van der Waals surface area (Å²) in [4.78, 5) is 23.8. The molecule has 27 heavy (non-hydrogen) atoms. The minimum atomic E-state index is -0.857. The molecule has 5 heteroatoms. The predicted molar refractivity (Wildman–Crippen MR) is 113 cm³/mol. The number of amides is 1. The molecule has 0 fully saturated rings. The van der Waals surface area contributed by atoms with Gasteiger partial charge in [-0.2, -0.15) is 0 Å². The average molecular weight is 386 g/mol. The predicted octanol–water partition coefficient (Wildman–Crippen LogP) is 4.74. The first-order valence-electron chi connectivity index (χ1n) is 11.1. The van der Waals surface area contributed by atoms with E-state index in [4.69, 9.17) is 0 Å². The van der Waals surface area contributed by atoms with Gasteiger partial charge in [0.25, 0.3) is 0 Å². The van der Waals surface area contributed by atoms with E-state index >= 15 is 0 Å². The summed E-state index contributed by atoms with van der Waals surface area (Å²) in [6, 6.07) is -0.959. The number of unbranched alkanes of at least 4 members (excludes halogenated alkanes) is 10. The lowest BCUT2D eigenvalue weighted by molar-refractivity contribution is -0.888. The fraction of sp³-hybridized carbons (Fsp3) is 0.909. The molecule has 0 spiro atoms. The summed E-state index contributed by atoms with van der Waals surface area (Å²) >= 11 is 0. The SMILES string of the molecule is CCCCCCCCCCCCCC(=O)NC(CC)C(C(=O)O)[N+](C)(C)C. The van der Waals surface area contributed by atoms with Crippen LogP contribution in [0.5, 0.6) is 0 Å². The van der Waals surface area contributed by atoms with Crippen LogP contribution in [0, 0.1) is 0 Å². The van der Waals surface area contributed by atoms with Gasteiger partial charge in [0, 0.05) is 6.42 Å². The molecule has 0 radical (unpaired) electrons. The second kappa shape index (κ2) is 14.9. The first-order valence-corrected chi connectivity index (χ1v) is 11.1. The zero-order chi connectivity index (χ0) is 20.7. The second-order valence-corrected chi connectivity index (χ2v) is 8.77. The Balaban J connectivity index is 3.91. The van der Waals surface area contributed by atoms with Crippen LogP contribution in [0.15, 0.2) is 0 Å². The zero-order valence-electron chi connectivity index (χ0n) is 18.6. The fourth-order valence-corrected chi connectivity index (χ4v) is 3.68. The third-order valence-corrected chi connectivity index (χ3v) is 5.26. The van der Waals surface area contributed by atoms with Crippen molar-refractivity contribution in [3.05, 3.63) is 0 Å². The molecule has 0 aromatic rings. The van der Waals surface area contributed by atoms with Gasteiger partial charge in [-0.1, -0.05) is 78.1 Å². The van der Waals surface area contributed by atoms with Gasteiger partial charge in [-0.3, -0.25) is 4.79 Å². The first kappa shape index (κ1) is 25.9. The van der Waals surface area contributed by atoms with Crippen molar-refractivity contribution in [2.24, 2.45) is 0 Å². The highest BCUT2D eigenvalue weighted by Gasteiger charge is 2.39. The normalized spacial score (nSPS) is 14.0. The van der Waals surface area contributed by atoms with Gasteiger partial charge >= 0.3 is 5.97 Å². The molecule has 0 saturated heterocycles. The van der Waals surface area contributed by atoms with Gasteiger partial charge in [0.1, 0.15) is 0 Å². The maximum absolute atomic E-state index is 12.2. The third-order valence-electron chi connectivity index (χ3n) is 5.26. The summed E-state index contributed by atoms with van der Waals surface area (Å²) in [6.07, 6.45) is 15.0. The number of carbonyl (C=O) groups is 2. The molecule has 0 aliphatic rings. The van der Waals surface area contributed by atoms with Gasteiger partial charge in [-0.05, 0) is 12.8 Å². The molecule has 0 saturated carbocycles. The van der Waals surface area contributed by atoms with Crippen LogP contribution in [-0.4, -0.2) is 54.7 Å². The summed E-state index contributed by atoms with van der Waals surface area (Å²) < 4.78 is 0.298. The molecule has 0 aromatic carbocycles. The molecule has 5 nitrogen and oxygen atoms in total. The van der Waals surface area contributed by atoms with Crippen LogP contribution in [-0.2, 0) is 9.59 Å². The summed E-state index contributed by atoms with van der Waals surface area (Å²) in [6.45, 7) is 4.18. The Labute approximate surface area is 167 Å². The summed E-state index contributed by atoms with van der Waals surface area (Å²) in [5.74, 6) is -0.873. The molecule has 0 aromatic heterocycles. The van der Waals surface area contributed by atoms with Crippen LogP contribution in [0.1, 0.15) is 97.3 Å². The molecule has 2 atom stereocenters. The van der Waals surface area contributed by atoms with Crippen LogP contribution in [0.25, 0.3) is 0 Å². The van der Waals surface area contributed by atoms with Crippen molar-refractivity contribution < 1.29 is 19.2 Å². The second-order valence-electron chi connectivity index (χ2n) is 8.77. The van der Waals surface area contributed by atoms with Crippen molar-refractivity contribution in [3.63, 3.8) is 0 Å². The van der Waals surface area contributed by atoms with Crippen molar-refractivity contribution in [2.75, 3.05) is 21.1 Å². The molecule has 160 valence electrons. The number of hydrogen-bond acceptors (Lipinski definition) is 2. The fourth-order valence-electron chi connectivity index (χ4n) is 3.68. The molecular weight excluding hydrogens is 340 g/mol. The smallest absolute Gasteiger partial charge is 0.364 e. The Morgan fingerprint density at radius 2 is 1.26 bits per heavy atom. The Morgan fingerprint density at radius 3 is 1.63 bits per heavy atom. The third kappa shape index (κ3) is 12.8. The molecule has 2 unspecified atom stereocenters. The molecule has 0 aliphatic heterocycles. The molecular formula is C22H45N2O3+. The number of rotatable bonds is 17. The van der Waals surface area contributed by atoms with Gasteiger partial charge in [-0.25, -0.2) is 4.79 Å². The minimum Gasteiger partial charge on any atom is -0.477 e. The maximum Gasteiger partial charge on any atom is 0.364 e. The largest absolute Gasteiger partial charge is 0.477 e. The first-order chi connectivity index (χ1) is 12.7. The van der Waals surface area contributed by atoms with E-state index in [1.807, 2.05) is 28.1 Å². The Kier molecular flexibility index (Phi) is 14.3. The molecule has 0 rings (SSSR count). The van der Waals surface area contributed by atoms with Crippen LogP contribution < -0.4 is 5.32 Å². The summed E-state index contributed by atoms with van der Waals surface area (Å²) in [7, 11) is 5.58. The number of carbonyl (C=O) groups excluding carboxylic acids is 1. The number of carboxylic acid groups (broad SMARTS) is 1. The highest BCUT2D eigenvalue weighted by atomic mass is 16.4. The quantitative estimate of drug-likeness (QED) is 0.281. The van der Waals surface area contributed by atoms with E-state index in [0.717, 1.165) is 12.8 Å². The molecule has 0 aliphatic carbocycles. The summed E-state index contributed by atoms with van der Waals surface area (Å²) in [5.41, 5.74) is 0. The number of nitrogens with one attached hydrogen (secondary N) is 1. The Bertz CT molecular complexity index is 405. The lowest BCUT2D eigenvalue weighted by Crippen LogP contribution is -2.60. The minimum absolute atomic E-state index is 0.0162. The molecule has 0 heterocycles. The van der Waals surface area contributed by atoms with Crippen LogP contribution in [0.4, 0.5) is 0 Å². The highest BCUT2D eigenvalue weighted by Crippen LogP contribution is 2.14. The van der Waals surface area contributed by atoms with E-state index in [1.165, 1.54) is 57.8 Å². The van der Waals surface area contributed by atoms with E-state index in [1.54, 1.807) is 0 Å². The standard InChI is InChI=1S/C22H44N2O3/c1-6-8-9-10-11-12-13-14-15-16-17-18-20(25)23-19(7-2)21(22(26)27)24(3,4)5/h19,21H,6-18H2,1-5H3,(H-,23,25,26,27)/p+1. The number of hydrogen-bond donors (Lipinski definition) is 2.